The van der Waals surface area contributed by atoms with Crippen LogP contribution >= 0.6 is 0 Å². The minimum atomic E-state index is -1.78. The number of aliphatic hydroxyl groups excluding tert-OH is 6. The van der Waals surface area contributed by atoms with E-state index < -0.39 is 114 Å². The maximum atomic E-state index is 14.6. The summed E-state index contributed by atoms with van der Waals surface area (Å²) in [5.41, 5.74) is -5.80. The molecule has 0 amide bonds. The van der Waals surface area contributed by atoms with Crippen molar-refractivity contribution in [2.24, 2.45) is 22.7 Å². The largest absolute Gasteiger partial charge is 0.448 e. The van der Waals surface area contributed by atoms with Crippen molar-refractivity contribution in [3.05, 3.63) is 11.1 Å². The number of carbonyl (C=O) groups is 2. The van der Waals surface area contributed by atoms with Crippen LogP contribution in [0.2, 0.25) is 0 Å². The van der Waals surface area contributed by atoms with Crippen molar-refractivity contribution in [2.45, 2.75) is 114 Å². The fourth-order valence-corrected chi connectivity index (χ4v) is 8.60. The average Bonchev–Trinajstić information content (AvgIpc) is 2.94. The number of Topliss-reactive ketones (excluding diaryl/α,β-unsaturated/α-hetero) is 1. The minimum absolute atomic E-state index is 0.0642. The van der Waals surface area contributed by atoms with Crippen LogP contribution in [0.15, 0.2) is 11.1 Å². The van der Waals surface area contributed by atoms with Gasteiger partial charge in [-0.2, -0.15) is 0 Å². The fourth-order valence-electron chi connectivity index (χ4n) is 8.60. The lowest BCUT2D eigenvalue weighted by atomic mass is 9.43. The van der Waals surface area contributed by atoms with Crippen LogP contribution in [0.1, 0.15) is 47.5 Å². The highest BCUT2D eigenvalue weighted by atomic mass is 16.7. The second kappa shape index (κ2) is 10.8. The Labute approximate surface area is 248 Å². The Morgan fingerprint density at radius 3 is 2.28 bits per heavy atom. The van der Waals surface area contributed by atoms with E-state index in [0.717, 1.165) is 0 Å². The number of fused-ring (bicyclic) bond motifs is 5. The van der Waals surface area contributed by atoms with Gasteiger partial charge in [-0.25, -0.2) is 4.79 Å². The van der Waals surface area contributed by atoms with Crippen LogP contribution in [0.4, 0.5) is 0 Å². The SMILES string of the molecule is CC1=C2C(OC(=O)COC3OC(CO)C(O)C(O)C3O)C(=O)[C@]3(C)C(O)CC4OCC4(O)C3[C@H](C)C(O)(CC1O)C2(C)C. The van der Waals surface area contributed by atoms with Gasteiger partial charge in [0.2, 0.25) is 0 Å². The third-order valence-electron chi connectivity index (χ3n) is 11.3. The van der Waals surface area contributed by atoms with Gasteiger partial charge in [-0.3, -0.25) is 4.79 Å². The van der Waals surface area contributed by atoms with Gasteiger partial charge in [0.25, 0.3) is 0 Å². The number of rotatable bonds is 5. The van der Waals surface area contributed by atoms with Crippen molar-refractivity contribution in [3.63, 3.8) is 0 Å². The lowest BCUT2D eigenvalue weighted by Crippen LogP contribution is -2.79. The summed E-state index contributed by atoms with van der Waals surface area (Å²) in [7, 11) is 0. The molecule has 14 nitrogen and oxygen atoms in total. The smallest absolute Gasteiger partial charge is 0.333 e. The third kappa shape index (κ3) is 4.48. The van der Waals surface area contributed by atoms with Gasteiger partial charge in [0, 0.05) is 24.2 Å². The first kappa shape index (κ1) is 32.8. The molecule has 2 heterocycles. The highest BCUT2D eigenvalue weighted by Gasteiger charge is 2.74. The molecule has 3 aliphatic carbocycles. The number of carbonyl (C=O) groups excluding carboxylic acids is 2. The normalized spacial score (nSPS) is 51.0. The molecule has 8 N–H and O–H groups in total. The van der Waals surface area contributed by atoms with Gasteiger partial charge in [-0.05, 0) is 30.9 Å². The van der Waals surface area contributed by atoms with Crippen molar-refractivity contribution in [1.29, 1.82) is 0 Å². The van der Waals surface area contributed by atoms with Crippen LogP contribution in [0.5, 0.6) is 0 Å². The molecule has 43 heavy (non-hydrogen) atoms. The van der Waals surface area contributed by atoms with Gasteiger partial charge in [-0.1, -0.05) is 20.8 Å². The van der Waals surface area contributed by atoms with Gasteiger partial charge >= 0.3 is 5.97 Å². The molecule has 244 valence electrons. The molecule has 2 aliphatic heterocycles. The van der Waals surface area contributed by atoms with Crippen molar-refractivity contribution in [3.8, 4) is 0 Å². The van der Waals surface area contributed by atoms with E-state index in [9.17, 15) is 50.4 Å². The van der Waals surface area contributed by atoms with Gasteiger partial charge in [0.1, 0.15) is 36.6 Å². The molecule has 4 fully saturated rings. The fraction of sp³-hybridized carbons (Fsp3) is 0.862. The molecule has 5 aliphatic rings. The van der Waals surface area contributed by atoms with Gasteiger partial charge < -0.3 is 59.8 Å². The first-order valence-corrected chi connectivity index (χ1v) is 14.7. The van der Waals surface area contributed by atoms with E-state index in [1.165, 1.54) is 6.92 Å². The predicted molar refractivity (Wildman–Crippen MR) is 143 cm³/mol. The topological polar surface area (TPSA) is 233 Å². The van der Waals surface area contributed by atoms with E-state index in [2.05, 4.69) is 0 Å². The molecule has 0 aromatic rings. The maximum absolute atomic E-state index is 14.6. The molecule has 2 saturated carbocycles. The molecule has 12 unspecified atom stereocenters. The highest BCUT2D eigenvalue weighted by molar-refractivity contribution is 5.95. The zero-order valence-electron chi connectivity index (χ0n) is 24.9. The number of hydrogen-bond acceptors (Lipinski definition) is 14. The molecule has 2 bridgehead atoms. The summed E-state index contributed by atoms with van der Waals surface area (Å²) in [4.78, 5) is 27.9. The Hall–Kier alpha value is -1.56. The number of hydrogen-bond donors (Lipinski definition) is 8. The van der Waals surface area contributed by atoms with E-state index in [0.29, 0.717) is 5.57 Å². The lowest BCUT2D eigenvalue weighted by Gasteiger charge is -2.67. The van der Waals surface area contributed by atoms with E-state index in [1.807, 2.05) is 0 Å². The summed E-state index contributed by atoms with van der Waals surface area (Å²) in [5.74, 6) is -3.71. The molecule has 14 atom stereocenters. The molecule has 0 radical (unpaired) electrons. The quantitative estimate of drug-likeness (QED) is 0.116. The van der Waals surface area contributed by atoms with E-state index >= 15 is 0 Å². The zero-order chi connectivity index (χ0) is 32.0. The van der Waals surface area contributed by atoms with Crippen LogP contribution < -0.4 is 0 Å². The van der Waals surface area contributed by atoms with Crippen LogP contribution in [0.25, 0.3) is 0 Å². The summed E-state index contributed by atoms with van der Waals surface area (Å²) >= 11 is 0. The van der Waals surface area contributed by atoms with Crippen molar-refractivity contribution in [2.75, 3.05) is 19.8 Å². The summed E-state index contributed by atoms with van der Waals surface area (Å²) in [5, 5.41) is 86.5. The third-order valence-corrected chi connectivity index (χ3v) is 11.3. The second-order valence-corrected chi connectivity index (χ2v) is 13.7. The van der Waals surface area contributed by atoms with Crippen LogP contribution in [-0.2, 0) is 28.5 Å². The predicted octanol–water partition coefficient (Wildman–Crippen LogP) is -2.71. The van der Waals surface area contributed by atoms with Gasteiger partial charge in [0.15, 0.2) is 18.2 Å². The van der Waals surface area contributed by atoms with Gasteiger partial charge in [0.05, 0.1) is 42.5 Å². The Balaban J connectivity index is 1.52. The lowest BCUT2D eigenvalue weighted by molar-refractivity contribution is -0.335. The van der Waals surface area contributed by atoms with E-state index in [4.69, 9.17) is 18.9 Å². The molecule has 0 aromatic heterocycles. The average molecular weight is 617 g/mol. The first-order chi connectivity index (χ1) is 19.9. The highest BCUT2D eigenvalue weighted by Crippen LogP contribution is 2.64. The Morgan fingerprint density at radius 2 is 1.70 bits per heavy atom. The van der Waals surface area contributed by atoms with Crippen LogP contribution in [-0.4, -0.2) is 139 Å². The number of esters is 1. The van der Waals surface area contributed by atoms with Gasteiger partial charge in [-0.15, -0.1) is 0 Å². The zero-order valence-corrected chi connectivity index (χ0v) is 24.9. The summed E-state index contributed by atoms with van der Waals surface area (Å²) in [6.07, 6.45) is -13.3. The summed E-state index contributed by atoms with van der Waals surface area (Å²) < 4.78 is 21.9. The number of ketones is 1. The monoisotopic (exact) mass is 616 g/mol. The van der Waals surface area contributed by atoms with Crippen LogP contribution in [0.3, 0.4) is 0 Å². The standard InChI is InChI=1S/C29H44O14/c1-11-13(31)7-29(39)12(2)23-27(5,15(32)6-16-28(23,38)10-41-16)24(37)22(18(11)26(29,3)4)43-17(33)9-40-25-21(36)20(35)19(34)14(8-30)42-25/h12-16,19-23,25,30-32,34-36,38-39H,6-10H2,1-5H3/t12-,13?,14?,15?,16?,19?,20?,21?,22?,23?,25?,27+,28?,29?/m0/s1. The molecule has 5 rings (SSSR count). The number of aliphatic hydroxyl groups is 8. The van der Waals surface area contributed by atoms with E-state index in [1.54, 1.807) is 27.7 Å². The Morgan fingerprint density at radius 1 is 1.05 bits per heavy atom. The molecular weight excluding hydrogens is 572 g/mol. The van der Waals surface area contributed by atoms with Crippen molar-refractivity contribution in [1.82, 2.24) is 0 Å². The second-order valence-electron chi connectivity index (χ2n) is 13.7. The Bertz CT molecular complexity index is 1170. The van der Waals surface area contributed by atoms with Crippen molar-refractivity contribution >= 4 is 11.8 Å². The Kier molecular flexibility index (Phi) is 8.22. The number of ether oxygens (including phenoxy) is 4. The molecule has 0 spiro atoms. The molecule has 14 heteroatoms. The van der Waals surface area contributed by atoms with Crippen LogP contribution in [0, 0.1) is 22.7 Å². The minimum Gasteiger partial charge on any atom is -0.448 e. The first-order valence-electron chi connectivity index (χ1n) is 14.7. The molecule has 0 aromatic carbocycles. The summed E-state index contributed by atoms with van der Waals surface area (Å²) in [6, 6.07) is 0. The van der Waals surface area contributed by atoms with E-state index in [-0.39, 0.29) is 25.0 Å². The van der Waals surface area contributed by atoms with Crippen molar-refractivity contribution < 1.29 is 69.4 Å². The summed E-state index contributed by atoms with van der Waals surface area (Å²) in [6.45, 7) is 6.37. The molecule has 2 saturated heterocycles. The molecular formula is C29H44O14. The maximum Gasteiger partial charge on any atom is 0.333 e.